The van der Waals surface area contributed by atoms with Crippen molar-refractivity contribution in [2.45, 2.75) is 6.54 Å². The van der Waals surface area contributed by atoms with Crippen LogP contribution in [0.3, 0.4) is 0 Å². The van der Waals surface area contributed by atoms with Crippen molar-refractivity contribution in [3.8, 4) is 11.5 Å². The summed E-state index contributed by atoms with van der Waals surface area (Å²) in [6.45, 7) is 1.17. The second-order valence-electron chi connectivity index (χ2n) is 3.75. The summed E-state index contributed by atoms with van der Waals surface area (Å²) < 4.78 is 14.9. The summed E-state index contributed by atoms with van der Waals surface area (Å²) in [4.78, 5) is 23.4. The van der Waals surface area contributed by atoms with Crippen molar-refractivity contribution in [3.05, 3.63) is 23.8 Å². The lowest BCUT2D eigenvalue weighted by atomic mass is 10.1. The van der Waals surface area contributed by atoms with Gasteiger partial charge >= 0.3 is 6.16 Å². The molecule has 6 heteroatoms. The van der Waals surface area contributed by atoms with Crippen molar-refractivity contribution in [1.29, 1.82) is 0 Å². The van der Waals surface area contributed by atoms with E-state index in [4.69, 9.17) is 9.47 Å². The molecule has 0 saturated heterocycles. The third-order valence-corrected chi connectivity index (χ3v) is 2.54. The molecule has 0 unspecified atom stereocenters. The van der Waals surface area contributed by atoms with Crippen molar-refractivity contribution in [1.82, 2.24) is 4.90 Å². The highest BCUT2D eigenvalue weighted by Crippen LogP contribution is 2.34. The van der Waals surface area contributed by atoms with Crippen LogP contribution < -0.4 is 9.47 Å². The number of para-hydroxylation sites is 1. The number of carbonyl (C=O) groups excluding carboxylic acids is 2. The van der Waals surface area contributed by atoms with Gasteiger partial charge in [-0.2, -0.15) is 0 Å². The summed E-state index contributed by atoms with van der Waals surface area (Å²) in [6, 6.07) is 5.24. The zero-order valence-corrected chi connectivity index (χ0v) is 9.92. The number of fused-ring (bicyclic) bond motifs is 1. The Kier molecular flexibility index (Phi) is 3.78. The molecule has 1 aliphatic rings. The third-order valence-electron chi connectivity index (χ3n) is 2.54. The molecular formula is C12H13NO5. The summed E-state index contributed by atoms with van der Waals surface area (Å²) in [5.74, 6) is 0.843. The lowest BCUT2D eigenvalue weighted by molar-refractivity contribution is -0.109. The van der Waals surface area contributed by atoms with E-state index in [0.29, 0.717) is 24.6 Å². The van der Waals surface area contributed by atoms with Crippen LogP contribution in [0, 0.1) is 0 Å². The predicted molar refractivity (Wildman–Crippen MR) is 61.4 cm³/mol. The van der Waals surface area contributed by atoms with Gasteiger partial charge in [-0.15, -0.1) is 0 Å². The van der Waals surface area contributed by atoms with Gasteiger partial charge in [-0.25, -0.2) is 4.79 Å². The molecule has 1 aromatic rings. The lowest BCUT2D eigenvalue weighted by Gasteiger charge is -2.28. The minimum absolute atomic E-state index is 0.285. The third kappa shape index (κ3) is 2.60. The van der Waals surface area contributed by atoms with E-state index >= 15 is 0 Å². The molecule has 0 N–H and O–H groups in total. The van der Waals surface area contributed by atoms with Gasteiger partial charge in [0, 0.05) is 12.1 Å². The van der Waals surface area contributed by atoms with E-state index in [-0.39, 0.29) is 6.73 Å². The van der Waals surface area contributed by atoms with Crippen molar-refractivity contribution >= 4 is 12.4 Å². The molecule has 0 aliphatic carbocycles. The van der Waals surface area contributed by atoms with Crippen LogP contribution in [-0.4, -0.2) is 37.7 Å². The number of hydrogen-bond donors (Lipinski definition) is 0. The van der Waals surface area contributed by atoms with Gasteiger partial charge in [-0.3, -0.25) is 4.90 Å². The van der Waals surface area contributed by atoms with Crippen LogP contribution in [0.25, 0.3) is 0 Å². The van der Waals surface area contributed by atoms with Gasteiger partial charge in [0.05, 0.1) is 13.7 Å². The van der Waals surface area contributed by atoms with Gasteiger partial charge in [0.1, 0.15) is 13.0 Å². The second kappa shape index (κ2) is 5.50. The molecule has 0 spiro atoms. The molecule has 1 aliphatic heterocycles. The summed E-state index contributed by atoms with van der Waals surface area (Å²) in [7, 11) is 1.24. The van der Waals surface area contributed by atoms with Gasteiger partial charge in [0.15, 0.2) is 11.5 Å². The Hall–Kier alpha value is -2.08. The Balaban J connectivity index is 2.19. The summed E-state index contributed by atoms with van der Waals surface area (Å²) >= 11 is 0. The quantitative estimate of drug-likeness (QED) is 0.456. The zero-order valence-electron chi connectivity index (χ0n) is 9.92. The molecule has 0 radical (unpaired) electrons. The van der Waals surface area contributed by atoms with E-state index in [9.17, 15) is 9.59 Å². The monoisotopic (exact) mass is 251 g/mol. The predicted octanol–water partition coefficient (Wildman–Crippen LogP) is 1.18. The van der Waals surface area contributed by atoms with Crippen LogP contribution in [0.2, 0.25) is 0 Å². The van der Waals surface area contributed by atoms with E-state index in [1.54, 1.807) is 12.1 Å². The Bertz CT molecular complexity index is 460. The van der Waals surface area contributed by atoms with Crippen LogP contribution in [0.1, 0.15) is 5.56 Å². The molecular weight excluding hydrogens is 238 g/mol. The average molecular weight is 251 g/mol. The van der Waals surface area contributed by atoms with E-state index in [0.717, 1.165) is 11.8 Å². The number of carbonyl (C=O) groups is 2. The van der Waals surface area contributed by atoms with Gasteiger partial charge in [-0.05, 0) is 6.07 Å². The number of ether oxygens (including phenoxy) is 3. The van der Waals surface area contributed by atoms with Gasteiger partial charge in [0.25, 0.3) is 0 Å². The number of aldehydes is 1. The molecule has 2 rings (SSSR count). The molecule has 0 atom stereocenters. The normalized spacial score (nSPS) is 14.3. The maximum atomic E-state index is 11.1. The number of nitrogens with zero attached hydrogens (tertiary/aromatic N) is 1. The SMILES string of the molecule is COC(=O)Oc1cccc2c1OCN(CC=O)C2. The van der Waals surface area contributed by atoms with Crippen LogP contribution in [-0.2, 0) is 16.1 Å². The van der Waals surface area contributed by atoms with Gasteiger partial charge < -0.3 is 19.0 Å². The topological polar surface area (TPSA) is 65.1 Å². The van der Waals surface area contributed by atoms with Crippen LogP contribution in [0.15, 0.2) is 18.2 Å². The Morgan fingerprint density at radius 3 is 3.11 bits per heavy atom. The number of methoxy groups -OCH3 is 1. The molecule has 6 nitrogen and oxygen atoms in total. The van der Waals surface area contributed by atoms with Crippen molar-refractivity contribution in [2.75, 3.05) is 20.4 Å². The highest BCUT2D eigenvalue weighted by molar-refractivity contribution is 5.66. The summed E-state index contributed by atoms with van der Waals surface area (Å²) in [5.41, 5.74) is 0.865. The van der Waals surface area contributed by atoms with Crippen LogP contribution in [0.5, 0.6) is 11.5 Å². The van der Waals surface area contributed by atoms with Gasteiger partial charge in [-0.1, -0.05) is 12.1 Å². The molecule has 0 aromatic heterocycles. The molecule has 1 heterocycles. The highest BCUT2D eigenvalue weighted by atomic mass is 16.7. The first-order chi connectivity index (χ1) is 8.74. The average Bonchev–Trinajstić information content (AvgIpc) is 2.39. The van der Waals surface area contributed by atoms with Crippen molar-refractivity contribution < 1.29 is 23.8 Å². The maximum Gasteiger partial charge on any atom is 0.513 e. The first-order valence-corrected chi connectivity index (χ1v) is 5.41. The summed E-state index contributed by atoms with van der Waals surface area (Å²) in [5, 5.41) is 0. The largest absolute Gasteiger partial charge is 0.513 e. The van der Waals surface area contributed by atoms with Crippen LogP contribution in [0.4, 0.5) is 4.79 Å². The Morgan fingerprint density at radius 2 is 2.39 bits per heavy atom. The molecule has 96 valence electrons. The fraction of sp³-hybridized carbons (Fsp3) is 0.333. The van der Waals surface area contributed by atoms with Crippen molar-refractivity contribution in [2.24, 2.45) is 0 Å². The molecule has 0 amide bonds. The van der Waals surface area contributed by atoms with Crippen molar-refractivity contribution in [3.63, 3.8) is 0 Å². The minimum atomic E-state index is -0.790. The first-order valence-electron chi connectivity index (χ1n) is 5.41. The Labute approximate surface area is 104 Å². The molecule has 18 heavy (non-hydrogen) atoms. The van der Waals surface area contributed by atoms with E-state index < -0.39 is 6.16 Å². The lowest BCUT2D eigenvalue weighted by Crippen LogP contribution is -2.33. The molecule has 0 saturated carbocycles. The standard InChI is InChI=1S/C12H13NO5/c1-16-12(15)18-10-4-2-3-9-7-13(5-6-14)8-17-11(9)10/h2-4,6H,5,7-8H2,1H3. The van der Waals surface area contributed by atoms with E-state index in [1.807, 2.05) is 11.0 Å². The number of benzene rings is 1. The molecule has 0 bridgehead atoms. The molecule has 1 aromatic carbocycles. The second-order valence-corrected chi connectivity index (χ2v) is 3.75. The number of rotatable bonds is 3. The smallest absolute Gasteiger partial charge is 0.474 e. The minimum Gasteiger partial charge on any atom is -0.474 e. The first kappa shape index (κ1) is 12.4. The number of hydrogen-bond acceptors (Lipinski definition) is 6. The van der Waals surface area contributed by atoms with E-state index in [1.165, 1.54) is 7.11 Å². The van der Waals surface area contributed by atoms with Crippen LogP contribution >= 0.6 is 0 Å². The maximum absolute atomic E-state index is 11.1. The molecule has 0 fully saturated rings. The summed E-state index contributed by atoms with van der Waals surface area (Å²) in [6.07, 6.45) is 0.0331. The van der Waals surface area contributed by atoms with Gasteiger partial charge in [0.2, 0.25) is 0 Å². The highest BCUT2D eigenvalue weighted by Gasteiger charge is 2.21. The fourth-order valence-electron chi connectivity index (χ4n) is 1.73. The fourth-order valence-corrected chi connectivity index (χ4v) is 1.73. The Morgan fingerprint density at radius 1 is 1.56 bits per heavy atom. The van der Waals surface area contributed by atoms with E-state index in [2.05, 4.69) is 4.74 Å². The zero-order chi connectivity index (χ0) is 13.0.